The number of imidazole rings is 1. The SMILES string of the molecule is Cc1nc(NCc2cn3ccccc3n2)nc(NC2(O)CCC(C(C)(C)O)C2O)c1-c1nc2c(C)nccc2s1. The Morgan fingerprint density at radius 1 is 1.12 bits per heavy atom. The van der Waals surface area contributed by atoms with E-state index in [4.69, 9.17) is 15.0 Å². The maximum atomic E-state index is 11.6. The summed E-state index contributed by atoms with van der Waals surface area (Å²) in [5.41, 5.74) is 1.69. The zero-order valence-electron chi connectivity index (χ0n) is 22.8. The lowest BCUT2D eigenvalue weighted by Crippen LogP contribution is -2.51. The van der Waals surface area contributed by atoms with Crippen molar-refractivity contribution >= 4 is 39.0 Å². The van der Waals surface area contributed by atoms with Crippen molar-refractivity contribution in [1.29, 1.82) is 0 Å². The summed E-state index contributed by atoms with van der Waals surface area (Å²) >= 11 is 1.49. The van der Waals surface area contributed by atoms with Gasteiger partial charge in [-0.05, 0) is 58.7 Å². The Bertz CT molecular complexity index is 1680. The lowest BCUT2D eigenvalue weighted by atomic mass is 9.87. The summed E-state index contributed by atoms with van der Waals surface area (Å²) in [6.07, 6.45) is 5.09. The summed E-state index contributed by atoms with van der Waals surface area (Å²) in [5.74, 6) is 0.169. The monoisotopic (exact) mass is 560 g/mol. The lowest BCUT2D eigenvalue weighted by molar-refractivity contribution is -0.0926. The first kappa shape index (κ1) is 26.5. The molecule has 6 rings (SSSR count). The molecule has 3 unspecified atom stereocenters. The second kappa shape index (κ2) is 9.73. The van der Waals surface area contributed by atoms with E-state index in [1.807, 2.05) is 54.9 Å². The summed E-state index contributed by atoms with van der Waals surface area (Å²) in [7, 11) is 0. The zero-order valence-corrected chi connectivity index (χ0v) is 23.6. The second-order valence-corrected chi connectivity index (χ2v) is 12.0. The van der Waals surface area contributed by atoms with Gasteiger partial charge in [-0.2, -0.15) is 4.98 Å². The molecule has 0 spiro atoms. The van der Waals surface area contributed by atoms with E-state index in [2.05, 4.69) is 20.6 Å². The highest BCUT2D eigenvalue weighted by molar-refractivity contribution is 7.21. The zero-order chi connectivity index (χ0) is 28.2. The minimum absolute atomic E-state index is 0.234. The van der Waals surface area contributed by atoms with Crippen molar-refractivity contribution in [3.8, 4) is 10.6 Å². The van der Waals surface area contributed by atoms with Gasteiger partial charge in [0.05, 0.1) is 39.5 Å². The number of aliphatic hydroxyl groups excluding tert-OH is 1. The van der Waals surface area contributed by atoms with Crippen LogP contribution in [0.1, 0.15) is 43.8 Å². The van der Waals surface area contributed by atoms with Gasteiger partial charge >= 0.3 is 0 Å². The average Bonchev–Trinajstić information content (AvgIpc) is 3.58. The van der Waals surface area contributed by atoms with Crippen LogP contribution in [0.25, 0.3) is 26.4 Å². The number of nitrogens with zero attached hydrogens (tertiary/aromatic N) is 6. The van der Waals surface area contributed by atoms with Crippen LogP contribution in [0.3, 0.4) is 0 Å². The van der Waals surface area contributed by atoms with E-state index in [0.717, 1.165) is 27.3 Å². The van der Waals surface area contributed by atoms with Crippen LogP contribution in [0.4, 0.5) is 11.8 Å². The molecule has 1 aliphatic carbocycles. The standard InChI is InChI=1S/C28H32N8O3S/c1-15-21(25-33-22-16(2)29-11-9-19(22)40-25)24(35-28(39)10-8-18(23(28)37)27(3,4)38)34-26(31-15)30-13-17-14-36-12-6-5-7-20(36)32-17/h5-7,9,11-12,14,18,23,37-39H,8,10,13H2,1-4H3,(H2,30,31,34,35). The quantitative estimate of drug-likeness (QED) is 0.186. The fourth-order valence-corrected chi connectivity index (χ4v) is 6.54. The van der Waals surface area contributed by atoms with Crippen LogP contribution < -0.4 is 10.6 Å². The molecule has 5 N–H and O–H groups in total. The number of aromatic nitrogens is 6. The molecule has 0 aromatic carbocycles. The van der Waals surface area contributed by atoms with Crippen LogP contribution in [0.15, 0.2) is 42.9 Å². The molecule has 1 aliphatic rings. The summed E-state index contributed by atoms with van der Waals surface area (Å²) in [6, 6.07) is 7.73. The molecule has 0 aliphatic heterocycles. The van der Waals surface area contributed by atoms with Crippen molar-refractivity contribution in [2.24, 2.45) is 5.92 Å². The van der Waals surface area contributed by atoms with Crippen LogP contribution in [-0.4, -0.2) is 62.1 Å². The summed E-state index contributed by atoms with van der Waals surface area (Å²) in [4.78, 5) is 23.3. The molecule has 0 amide bonds. The summed E-state index contributed by atoms with van der Waals surface area (Å²) < 4.78 is 2.92. The molecule has 11 nitrogen and oxygen atoms in total. The highest BCUT2D eigenvalue weighted by Crippen LogP contribution is 2.43. The minimum Gasteiger partial charge on any atom is -0.390 e. The molecule has 0 radical (unpaired) electrons. The van der Waals surface area contributed by atoms with Gasteiger partial charge in [-0.15, -0.1) is 11.3 Å². The first-order valence-electron chi connectivity index (χ1n) is 13.2. The van der Waals surface area contributed by atoms with E-state index in [9.17, 15) is 15.3 Å². The van der Waals surface area contributed by atoms with E-state index < -0.39 is 23.3 Å². The average molecular weight is 561 g/mol. The van der Waals surface area contributed by atoms with Crippen LogP contribution in [0.2, 0.25) is 0 Å². The van der Waals surface area contributed by atoms with Crippen LogP contribution in [-0.2, 0) is 6.54 Å². The van der Waals surface area contributed by atoms with Gasteiger partial charge in [-0.3, -0.25) is 4.98 Å². The van der Waals surface area contributed by atoms with Gasteiger partial charge in [0.25, 0.3) is 0 Å². The first-order valence-corrected chi connectivity index (χ1v) is 14.0. The number of aryl methyl sites for hydroxylation is 2. The number of rotatable bonds is 7. The van der Waals surface area contributed by atoms with Gasteiger partial charge < -0.3 is 30.4 Å². The fraction of sp³-hybridized carbons (Fsp3) is 0.393. The van der Waals surface area contributed by atoms with E-state index in [1.54, 1.807) is 20.0 Å². The highest BCUT2D eigenvalue weighted by atomic mass is 32.1. The molecule has 0 saturated heterocycles. The van der Waals surface area contributed by atoms with E-state index in [0.29, 0.717) is 41.0 Å². The number of thiazole rings is 1. The molecule has 208 valence electrons. The summed E-state index contributed by atoms with van der Waals surface area (Å²) in [6.45, 7) is 7.45. The number of anilines is 2. The number of aliphatic hydroxyl groups is 3. The van der Waals surface area contributed by atoms with Crippen molar-refractivity contribution in [1.82, 2.24) is 29.3 Å². The molecule has 12 heteroatoms. The Hall–Kier alpha value is -3.71. The Kier molecular flexibility index (Phi) is 6.45. The Morgan fingerprint density at radius 2 is 1.95 bits per heavy atom. The number of nitrogens with one attached hydrogen (secondary N) is 2. The van der Waals surface area contributed by atoms with Crippen molar-refractivity contribution in [3.05, 3.63) is 59.9 Å². The molecule has 1 fully saturated rings. The molecule has 3 atom stereocenters. The molecule has 40 heavy (non-hydrogen) atoms. The molecule has 5 aromatic rings. The molecular formula is C28H32N8O3S. The fourth-order valence-electron chi connectivity index (χ4n) is 5.42. The van der Waals surface area contributed by atoms with Gasteiger partial charge in [-0.25, -0.2) is 15.0 Å². The Morgan fingerprint density at radius 3 is 2.67 bits per heavy atom. The third-order valence-corrected chi connectivity index (χ3v) is 8.62. The predicted molar refractivity (Wildman–Crippen MR) is 154 cm³/mol. The third kappa shape index (κ3) is 4.77. The molecule has 5 aromatic heterocycles. The Labute approximate surface area is 235 Å². The molecule has 1 saturated carbocycles. The number of pyridine rings is 2. The molecule has 5 heterocycles. The number of hydrogen-bond acceptors (Lipinski definition) is 11. The van der Waals surface area contributed by atoms with E-state index >= 15 is 0 Å². The van der Waals surface area contributed by atoms with Crippen molar-refractivity contribution in [3.63, 3.8) is 0 Å². The van der Waals surface area contributed by atoms with Gasteiger partial charge in [-0.1, -0.05) is 6.07 Å². The van der Waals surface area contributed by atoms with E-state index in [1.165, 1.54) is 11.3 Å². The molecular weight excluding hydrogens is 528 g/mol. The normalized spacial score (nSPS) is 21.4. The summed E-state index contributed by atoms with van der Waals surface area (Å²) in [5, 5.41) is 40.3. The van der Waals surface area contributed by atoms with Crippen molar-refractivity contribution < 1.29 is 15.3 Å². The smallest absolute Gasteiger partial charge is 0.225 e. The molecule has 0 bridgehead atoms. The number of fused-ring (bicyclic) bond motifs is 2. The van der Waals surface area contributed by atoms with Gasteiger partial charge in [0.1, 0.15) is 28.1 Å². The van der Waals surface area contributed by atoms with Gasteiger partial charge in [0, 0.05) is 24.5 Å². The maximum absolute atomic E-state index is 11.6. The van der Waals surface area contributed by atoms with E-state index in [-0.39, 0.29) is 6.42 Å². The highest BCUT2D eigenvalue weighted by Gasteiger charge is 2.52. The second-order valence-electron chi connectivity index (χ2n) is 11.0. The minimum atomic E-state index is -1.70. The van der Waals surface area contributed by atoms with Gasteiger partial charge in [0.2, 0.25) is 5.95 Å². The van der Waals surface area contributed by atoms with Crippen LogP contribution in [0.5, 0.6) is 0 Å². The Balaban J connectivity index is 1.38. The number of hydrogen-bond donors (Lipinski definition) is 5. The van der Waals surface area contributed by atoms with Crippen LogP contribution in [0, 0.1) is 19.8 Å². The first-order chi connectivity index (χ1) is 19.0. The third-order valence-electron chi connectivity index (χ3n) is 7.58. The maximum Gasteiger partial charge on any atom is 0.225 e. The lowest BCUT2D eigenvalue weighted by Gasteiger charge is -2.34. The van der Waals surface area contributed by atoms with Gasteiger partial charge in [0.15, 0.2) is 5.72 Å². The van der Waals surface area contributed by atoms with Crippen molar-refractivity contribution in [2.45, 2.75) is 64.5 Å². The largest absolute Gasteiger partial charge is 0.390 e. The van der Waals surface area contributed by atoms with Crippen molar-refractivity contribution in [2.75, 3.05) is 10.6 Å². The topological polar surface area (TPSA) is 154 Å². The predicted octanol–water partition coefficient (Wildman–Crippen LogP) is 3.67. The van der Waals surface area contributed by atoms with Crippen LogP contribution >= 0.6 is 11.3 Å².